The molecule has 152 valence electrons. The fraction of sp³-hybridized carbons (Fsp3) is 0.850. The van der Waals surface area contributed by atoms with Gasteiger partial charge in [0.05, 0.1) is 0 Å². The van der Waals surface area contributed by atoms with Gasteiger partial charge in [-0.15, -0.1) is 0 Å². The molecule has 3 atom stereocenters. The first kappa shape index (κ1) is 20.0. The molecule has 2 heterocycles. The molecule has 1 aliphatic carbocycles. The molecule has 0 radical (unpaired) electrons. The Labute approximate surface area is 162 Å². The van der Waals surface area contributed by atoms with Crippen LogP contribution in [-0.4, -0.2) is 55.0 Å². The molecule has 0 aromatic rings. The third kappa shape index (κ3) is 4.38. The minimum Gasteiger partial charge on any atom is -0.356 e. The molecule has 27 heavy (non-hydrogen) atoms. The zero-order valence-corrected chi connectivity index (χ0v) is 17.0. The molecule has 0 aromatic carbocycles. The number of carbonyl (C=O) groups is 2. The van der Waals surface area contributed by atoms with Crippen molar-refractivity contribution in [3.8, 4) is 0 Å². The number of amides is 3. The number of hydrogen-bond donors (Lipinski definition) is 3. The smallest absolute Gasteiger partial charge is 0.322 e. The van der Waals surface area contributed by atoms with Crippen molar-refractivity contribution in [3.05, 3.63) is 0 Å². The molecule has 3 N–H and O–H groups in total. The molecular weight excluding hydrogens is 342 g/mol. The number of urea groups is 1. The van der Waals surface area contributed by atoms with E-state index in [1.54, 1.807) is 0 Å². The van der Waals surface area contributed by atoms with Gasteiger partial charge in [0.2, 0.25) is 0 Å². The van der Waals surface area contributed by atoms with E-state index in [0.717, 1.165) is 50.3 Å². The van der Waals surface area contributed by atoms with E-state index in [4.69, 9.17) is 0 Å². The van der Waals surface area contributed by atoms with Crippen LogP contribution in [0.1, 0.15) is 58.8 Å². The number of piperidine rings is 1. The summed E-state index contributed by atoms with van der Waals surface area (Å²) in [6.07, 6.45) is 8.43. The first-order valence-corrected chi connectivity index (χ1v) is 10.5. The van der Waals surface area contributed by atoms with Crippen LogP contribution < -0.4 is 16.0 Å². The van der Waals surface area contributed by atoms with Crippen molar-refractivity contribution >= 4 is 17.9 Å². The number of rotatable bonds is 4. The van der Waals surface area contributed by atoms with Crippen molar-refractivity contribution in [1.29, 1.82) is 0 Å². The first-order chi connectivity index (χ1) is 12.9. The SMILES string of the molecule is CN=C(NCCC1CCCCC1C)N1CCC(C2(C)NC(=O)NC2=O)CC1. The molecule has 0 spiro atoms. The highest BCUT2D eigenvalue weighted by molar-refractivity contribution is 6.07. The van der Waals surface area contributed by atoms with Crippen LogP contribution in [0.4, 0.5) is 4.79 Å². The van der Waals surface area contributed by atoms with E-state index in [0.29, 0.717) is 0 Å². The average molecular weight is 378 g/mol. The van der Waals surface area contributed by atoms with Gasteiger partial charge in [-0.1, -0.05) is 32.6 Å². The average Bonchev–Trinajstić information content (AvgIpc) is 2.93. The predicted molar refractivity (Wildman–Crippen MR) is 106 cm³/mol. The Morgan fingerprint density at radius 3 is 2.52 bits per heavy atom. The summed E-state index contributed by atoms with van der Waals surface area (Å²) in [5, 5.41) is 8.74. The number of aliphatic imine (C=N–C) groups is 1. The van der Waals surface area contributed by atoms with Gasteiger partial charge in [0, 0.05) is 26.7 Å². The fourth-order valence-electron chi connectivity index (χ4n) is 5.04. The summed E-state index contributed by atoms with van der Waals surface area (Å²) in [5.41, 5.74) is -0.781. The van der Waals surface area contributed by atoms with E-state index in [1.165, 1.54) is 32.1 Å². The van der Waals surface area contributed by atoms with Crippen LogP contribution in [-0.2, 0) is 4.79 Å². The highest BCUT2D eigenvalue weighted by atomic mass is 16.2. The minimum atomic E-state index is -0.781. The molecule has 0 bridgehead atoms. The van der Waals surface area contributed by atoms with Gasteiger partial charge in [0.15, 0.2) is 5.96 Å². The number of guanidine groups is 1. The molecule has 7 heteroatoms. The Kier molecular flexibility index (Phi) is 6.27. The third-order valence-corrected chi connectivity index (χ3v) is 6.98. The molecule has 3 fully saturated rings. The lowest BCUT2D eigenvalue weighted by molar-refractivity contribution is -0.125. The summed E-state index contributed by atoms with van der Waals surface area (Å²) in [4.78, 5) is 30.4. The summed E-state index contributed by atoms with van der Waals surface area (Å²) in [6.45, 7) is 6.90. The zero-order chi connectivity index (χ0) is 19.4. The summed E-state index contributed by atoms with van der Waals surface area (Å²) >= 11 is 0. The predicted octanol–water partition coefficient (Wildman–Crippen LogP) is 2.09. The van der Waals surface area contributed by atoms with E-state index in [1.807, 2.05) is 14.0 Å². The van der Waals surface area contributed by atoms with E-state index < -0.39 is 5.54 Å². The summed E-state index contributed by atoms with van der Waals surface area (Å²) in [6, 6.07) is -0.376. The molecule has 3 unspecified atom stereocenters. The lowest BCUT2D eigenvalue weighted by Crippen LogP contribution is -2.55. The van der Waals surface area contributed by atoms with E-state index >= 15 is 0 Å². The second-order valence-electron chi connectivity index (χ2n) is 8.66. The van der Waals surface area contributed by atoms with Gasteiger partial charge < -0.3 is 15.5 Å². The number of carbonyl (C=O) groups excluding carboxylic acids is 2. The fourth-order valence-corrected chi connectivity index (χ4v) is 5.04. The molecule has 3 amide bonds. The van der Waals surface area contributed by atoms with Crippen LogP contribution in [0.5, 0.6) is 0 Å². The topological polar surface area (TPSA) is 85.8 Å². The maximum atomic E-state index is 12.2. The standard InChI is InChI=1S/C20H35N5O2/c1-14-6-4-5-7-15(14)8-11-22-18(21-3)25-12-9-16(10-13-25)20(2)17(26)23-19(27)24-20/h14-16H,4-13H2,1-3H3,(H,21,22)(H2,23,24,26,27). The van der Waals surface area contributed by atoms with E-state index in [2.05, 4.69) is 32.8 Å². The van der Waals surface area contributed by atoms with Crippen molar-refractivity contribution in [2.24, 2.45) is 22.7 Å². The molecular formula is C20H35N5O2. The molecule has 1 saturated carbocycles. The summed E-state index contributed by atoms with van der Waals surface area (Å²) < 4.78 is 0. The van der Waals surface area contributed by atoms with Crippen molar-refractivity contribution < 1.29 is 9.59 Å². The molecule has 7 nitrogen and oxygen atoms in total. The normalized spacial score (nSPS) is 33.0. The number of imide groups is 1. The van der Waals surface area contributed by atoms with Crippen LogP contribution in [0.3, 0.4) is 0 Å². The quantitative estimate of drug-likeness (QED) is 0.398. The van der Waals surface area contributed by atoms with Crippen molar-refractivity contribution in [3.63, 3.8) is 0 Å². The van der Waals surface area contributed by atoms with Gasteiger partial charge in [-0.25, -0.2) is 4.79 Å². The van der Waals surface area contributed by atoms with Gasteiger partial charge in [0.1, 0.15) is 5.54 Å². The maximum absolute atomic E-state index is 12.2. The van der Waals surface area contributed by atoms with Gasteiger partial charge in [-0.3, -0.25) is 15.1 Å². The van der Waals surface area contributed by atoms with Gasteiger partial charge in [0.25, 0.3) is 5.91 Å². The van der Waals surface area contributed by atoms with E-state index in [-0.39, 0.29) is 17.9 Å². The second-order valence-corrected chi connectivity index (χ2v) is 8.66. The van der Waals surface area contributed by atoms with Crippen LogP contribution in [0.15, 0.2) is 4.99 Å². The number of hydrogen-bond acceptors (Lipinski definition) is 3. The third-order valence-electron chi connectivity index (χ3n) is 6.98. The molecule has 2 aliphatic heterocycles. The lowest BCUT2D eigenvalue weighted by atomic mass is 9.78. The van der Waals surface area contributed by atoms with Gasteiger partial charge in [-0.2, -0.15) is 0 Å². The maximum Gasteiger partial charge on any atom is 0.322 e. The van der Waals surface area contributed by atoms with Gasteiger partial charge >= 0.3 is 6.03 Å². The minimum absolute atomic E-state index is 0.154. The zero-order valence-electron chi connectivity index (χ0n) is 17.0. The van der Waals surface area contributed by atoms with Crippen LogP contribution in [0, 0.1) is 17.8 Å². The molecule has 3 rings (SSSR count). The van der Waals surface area contributed by atoms with Crippen LogP contribution in [0.25, 0.3) is 0 Å². The summed E-state index contributed by atoms with van der Waals surface area (Å²) in [7, 11) is 1.84. The second kappa shape index (κ2) is 8.48. The molecule has 2 saturated heterocycles. The highest BCUT2D eigenvalue weighted by Gasteiger charge is 2.48. The van der Waals surface area contributed by atoms with Crippen molar-refractivity contribution in [2.75, 3.05) is 26.7 Å². The molecule has 3 aliphatic rings. The van der Waals surface area contributed by atoms with Crippen molar-refractivity contribution in [1.82, 2.24) is 20.9 Å². The Morgan fingerprint density at radius 1 is 1.22 bits per heavy atom. The Morgan fingerprint density at radius 2 is 1.93 bits per heavy atom. The molecule has 0 aromatic heterocycles. The van der Waals surface area contributed by atoms with Crippen LogP contribution in [0.2, 0.25) is 0 Å². The van der Waals surface area contributed by atoms with Crippen molar-refractivity contribution in [2.45, 2.75) is 64.3 Å². The van der Waals surface area contributed by atoms with Gasteiger partial charge in [-0.05, 0) is 43.9 Å². The largest absolute Gasteiger partial charge is 0.356 e. The highest BCUT2D eigenvalue weighted by Crippen LogP contribution is 2.32. The lowest BCUT2D eigenvalue weighted by Gasteiger charge is -2.39. The number of nitrogens with one attached hydrogen (secondary N) is 3. The van der Waals surface area contributed by atoms with Crippen LogP contribution >= 0.6 is 0 Å². The Hall–Kier alpha value is -1.79. The first-order valence-electron chi connectivity index (χ1n) is 10.5. The number of nitrogens with zero attached hydrogens (tertiary/aromatic N) is 2. The summed E-state index contributed by atoms with van der Waals surface area (Å²) in [5.74, 6) is 2.59. The monoisotopic (exact) mass is 377 g/mol. The Bertz CT molecular complexity index is 585. The Balaban J connectivity index is 1.46. The number of likely N-dealkylation sites (tertiary alicyclic amines) is 1. The van der Waals surface area contributed by atoms with E-state index in [9.17, 15) is 9.59 Å².